The summed E-state index contributed by atoms with van der Waals surface area (Å²) in [5.74, 6) is 2.16. The monoisotopic (exact) mass is 424 g/mol. The maximum absolute atomic E-state index is 5.50. The summed E-state index contributed by atoms with van der Waals surface area (Å²) in [6.07, 6.45) is 0. The summed E-state index contributed by atoms with van der Waals surface area (Å²) in [7, 11) is 6.94. The van der Waals surface area contributed by atoms with Gasteiger partial charge in [0.05, 0.1) is 20.0 Å². The van der Waals surface area contributed by atoms with Crippen LogP contribution in [-0.2, 0) is 20.4 Å². The number of hydrogen-bond donors (Lipinski definition) is 0. The Labute approximate surface area is 162 Å². The molecule has 0 aromatic heterocycles. The first-order valence-electron chi connectivity index (χ1n) is 7.53. The molecular weight excluding hydrogens is 407 g/mol. The van der Waals surface area contributed by atoms with Crippen molar-refractivity contribution in [2.45, 2.75) is 0 Å². The second kappa shape index (κ2) is 8.71. The van der Waals surface area contributed by atoms with Crippen LogP contribution in [0, 0.1) is 13.2 Å². The van der Waals surface area contributed by atoms with Crippen molar-refractivity contribution in [3.63, 3.8) is 0 Å². The molecule has 3 aromatic carbocycles. The molecule has 4 heteroatoms. The Morgan fingerprint density at radius 2 is 1.40 bits per heavy atom. The Kier molecular flexibility index (Phi) is 6.64. The maximum Gasteiger partial charge on any atom is 2.00 e. The predicted octanol–water partition coefficient (Wildman–Crippen LogP) is 5.01. The van der Waals surface area contributed by atoms with Gasteiger partial charge in [0.25, 0.3) is 0 Å². The number of hydrogen-bond acceptors (Lipinski definition) is 3. The van der Waals surface area contributed by atoms with E-state index in [0.717, 1.165) is 33.8 Å². The third kappa shape index (κ3) is 3.71. The van der Waals surface area contributed by atoms with Gasteiger partial charge in [0.15, 0.2) is 0 Å². The maximum atomic E-state index is 5.50. The Balaban J connectivity index is 0.00000225. The SMILES string of the molecule is [CH2-]Oc1c(-c2[c-]cccc2OC)cccc1-c1ccccc1OC.[Pd+2]. The van der Waals surface area contributed by atoms with E-state index in [1.807, 2.05) is 60.7 Å². The first-order chi connectivity index (χ1) is 11.8. The van der Waals surface area contributed by atoms with Crippen molar-refractivity contribution in [3.8, 4) is 39.5 Å². The fraction of sp³-hybridized carbons (Fsp3) is 0.0952. The van der Waals surface area contributed by atoms with Gasteiger partial charge in [-0.05, 0) is 6.07 Å². The van der Waals surface area contributed by atoms with E-state index in [2.05, 4.69) is 13.2 Å². The van der Waals surface area contributed by atoms with Crippen LogP contribution in [0.4, 0.5) is 0 Å². The molecule has 0 radical (unpaired) electrons. The van der Waals surface area contributed by atoms with Crippen LogP contribution in [0.15, 0.2) is 60.7 Å². The number of ether oxygens (including phenoxy) is 3. The van der Waals surface area contributed by atoms with Gasteiger partial charge in [0, 0.05) is 16.9 Å². The van der Waals surface area contributed by atoms with Crippen LogP contribution in [0.25, 0.3) is 22.3 Å². The van der Waals surface area contributed by atoms with Crippen LogP contribution in [0.1, 0.15) is 0 Å². The van der Waals surface area contributed by atoms with Crippen molar-refractivity contribution in [1.29, 1.82) is 0 Å². The van der Waals surface area contributed by atoms with E-state index in [1.54, 1.807) is 14.2 Å². The van der Waals surface area contributed by atoms with Gasteiger partial charge in [-0.15, -0.1) is 24.3 Å². The molecule has 3 rings (SSSR count). The van der Waals surface area contributed by atoms with Crippen molar-refractivity contribution in [2.75, 3.05) is 14.2 Å². The Hall–Kier alpha value is -2.28. The third-order valence-electron chi connectivity index (χ3n) is 3.86. The summed E-state index contributed by atoms with van der Waals surface area (Å²) in [4.78, 5) is 0. The first-order valence-corrected chi connectivity index (χ1v) is 7.53. The minimum Gasteiger partial charge on any atom is -0.671 e. The van der Waals surface area contributed by atoms with Gasteiger partial charge < -0.3 is 14.2 Å². The van der Waals surface area contributed by atoms with Crippen LogP contribution in [-0.4, -0.2) is 14.2 Å². The van der Waals surface area contributed by atoms with Crippen LogP contribution >= 0.6 is 0 Å². The van der Waals surface area contributed by atoms with E-state index in [9.17, 15) is 0 Å². The van der Waals surface area contributed by atoms with Crippen molar-refractivity contribution in [1.82, 2.24) is 0 Å². The minimum atomic E-state index is 0. The predicted molar refractivity (Wildman–Crippen MR) is 95.2 cm³/mol. The average molecular weight is 425 g/mol. The molecule has 0 saturated carbocycles. The van der Waals surface area contributed by atoms with Crippen molar-refractivity contribution < 1.29 is 34.6 Å². The molecule has 0 atom stereocenters. The number of para-hydroxylation sites is 2. The molecule has 0 aliphatic carbocycles. The molecule has 130 valence electrons. The van der Waals surface area contributed by atoms with Gasteiger partial charge >= 0.3 is 20.4 Å². The minimum absolute atomic E-state index is 0. The molecular formula is C21H18O3Pd. The van der Waals surface area contributed by atoms with Crippen LogP contribution in [0.2, 0.25) is 0 Å². The normalized spacial score (nSPS) is 9.88. The summed E-state index contributed by atoms with van der Waals surface area (Å²) < 4.78 is 16.4. The van der Waals surface area contributed by atoms with Gasteiger partial charge in [-0.3, -0.25) is 0 Å². The standard InChI is InChI=1S/C21H18O3.Pd/c1-22-19-13-6-4-9-15(19)17-11-8-12-18(21(17)24-3)16-10-5-7-14-20(16)23-2;/h4-9,11-14H,3H2,1-2H3;/q-2;+2. The number of benzene rings is 3. The molecule has 0 spiro atoms. The summed E-state index contributed by atoms with van der Waals surface area (Å²) in [6, 6.07) is 22.6. The molecule has 0 bridgehead atoms. The van der Waals surface area contributed by atoms with E-state index in [0.29, 0.717) is 5.75 Å². The summed E-state index contributed by atoms with van der Waals surface area (Å²) in [5, 5.41) is 0. The second-order valence-corrected chi connectivity index (χ2v) is 5.14. The summed E-state index contributed by atoms with van der Waals surface area (Å²) >= 11 is 0. The second-order valence-electron chi connectivity index (χ2n) is 5.14. The molecule has 0 fully saturated rings. The molecule has 0 saturated heterocycles. The summed E-state index contributed by atoms with van der Waals surface area (Å²) in [5.41, 5.74) is 3.54. The Morgan fingerprint density at radius 1 is 0.760 bits per heavy atom. The largest absolute Gasteiger partial charge is 2.00 e. The van der Waals surface area contributed by atoms with E-state index in [4.69, 9.17) is 14.2 Å². The van der Waals surface area contributed by atoms with Gasteiger partial charge in [-0.1, -0.05) is 47.5 Å². The quantitative estimate of drug-likeness (QED) is 0.426. The average Bonchev–Trinajstić information content (AvgIpc) is 2.67. The molecule has 0 heterocycles. The molecule has 0 aliphatic rings. The molecule has 3 nitrogen and oxygen atoms in total. The fourth-order valence-corrected chi connectivity index (χ4v) is 2.77. The fourth-order valence-electron chi connectivity index (χ4n) is 2.77. The molecule has 0 aliphatic heterocycles. The summed E-state index contributed by atoms with van der Waals surface area (Å²) in [6.45, 7) is 0. The van der Waals surface area contributed by atoms with Crippen molar-refractivity contribution >= 4 is 0 Å². The van der Waals surface area contributed by atoms with Crippen molar-refractivity contribution in [2.24, 2.45) is 0 Å². The molecule has 25 heavy (non-hydrogen) atoms. The van der Waals surface area contributed by atoms with E-state index in [-0.39, 0.29) is 20.4 Å². The molecule has 3 aromatic rings. The van der Waals surface area contributed by atoms with E-state index in [1.165, 1.54) is 0 Å². The molecule has 0 unspecified atom stereocenters. The van der Waals surface area contributed by atoms with Gasteiger partial charge in [-0.25, -0.2) is 0 Å². The van der Waals surface area contributed by atoms with Crippen LogP contribution < -0.4 is 14.2 Å². The van der Waals surface area contributed by atoms with Crippen LogP contribution in [0.3, 0.4) is 0 Å². The van der Waals surface area contributed by atoms with Crippen molar-refractivity contribution in [3.05, 3.63) is 73.8 Å². The van der Waals surface area contributed by atoms with Crippen LogP contribution in [0.5, 0.6) is 17.2 Å². The zero-order valence-electron chi connectivity index (χ0n) is 14.0. The zero-order chi connectivity index (χ0) is 16.9. The van der Waals surface area contributed by atoms with E-state index < -0.39 is 0 Å². The zero-order valence-corrected chi connectivity index (χ0v) is 15.6. The van der Waals surface area contributed by atoms with Gasteiger partial charge in [0.2, 0.25) is 0 Å². The number of rotatable bonds is 5. The van der Waals surface area contributed by atoms with Gasteiger partial charge in [0.1, 0.15) is 5.75 Å². The first kappa shape index (κ1) is 19.1. The van der Waals surface area contributed by atoms with Gasteiger partial charge in [-0.2, -0.15) is 7.11 Å². The molecule has 0 amide bonds. The van der Waals surface area contributed by atoms with E-state index >= 15 is 0 Å². The smallest absolute Gasteiger partial charge is 0.671 e. The third-order valence-corrected chi connectivity index (χ3v) is 3.86. The Morgan fingerprint density at radius 3 is 2.12 bits per heavy atom. The topological polar surface area (TPSA) is 27.7 Å². The number of methoxy groups -OCH3 is 2. The molecule has 0 N–H and O–H groups in total. The Bertz CT molecular complexity index is 780.